The molecule has 0 N–H and O–H groups in total. The summed E-state index contributed by atoms with van der Waals surface area (Å²) in [7, 11) is 0. The van der Waals surface area contributed by atoms with Crippen molar-refractivity contribution in [2.75, 3.05) is 0 Å². The van der Waals surface area contributed by atoms with Crippen LogP contribution in [0.25, 0.3) is 28.7 Å². The molecule has 0 atom stereocenters. The summed E-state index contributed by atoms with van der Waals surface area (Å²) < 4.78 is 2.71. The first-order valence-corrected chi connectivity index (χ1v) is 9.85. The van der Waals surface area contributed by atoms with E-state index in [1.807, 2.05) is 78.9 Å². The van der Waals surface area contributed by atoms with E-state index in [0.29, 0.717) is 16.7 Å². The van der Waals surface area contributed by atoms with E-state index in [-0.39, 0.29) is 5.56 Å². The normalized spacial score (nSPS) is 11.4. The molecule has 0 radical (unpaired) electrons. The summed E-state index contributed by atoms with van der Waals surface area (Å²) in [5.74, 6) is 0.606. The number of aryl methyl sites for hydroxylation is 2. The SMILES string of the molecule is Cc1ccc(-n2c(/C=C/c3ccc(Br)cc3)nc3ccccc3c2=O)cc1C. The highest BCUT2D eigenvalue weighted by Crippen LogP contribution is 2.18. The van der Waals surface area contributed by atoms with Crippen molar-refractivity contribution in [1.29, 1.82) is 0 Å². The zero-order chi connectivity index (χ0) is 19.7. The third-order valence-corrected chi connectivity index (χ3v) is 5.37. The van der Waals surface area contributed by atoms with Gasteiger partial charge in [-0.25, -0.2) is 4.98 Å². The number of para-hydroxylation sites is 1. The van der Waals surface area contributed by atoms with Gasteiger partial charge in [0.2, 0.25) is 0 Å². The first kappa shape index (κ1) is 18.4. The molecule has 4 heteroatoms. The number of hydrogen-bond donors (Lipinski definition) is 0. The Balaban J connectivity index is 1.94. The summed E-state index contributed by atoms with van der Waals surface area (Å²) in [5.41, 5.74) is 4.82. The molecule has 0 amide bonds. The van der Waals surface area contributed by atoms with Crippen LogP contribution in [0.4, 0.5) is 0 Å². The fourth-order valence-electron chi connectivity index (χ4n) is 3.12. The molecule has 1 heterocycles. The van der Waals surface area contributed by atoms with Gasteiger partial charge < -0.3 is 0 Å². The summed E-state index contributed by atoms with van der Waals surface area (Å²) in [5, 5.41) is 0.613. The van der Waals surface area contributed by atoms with Gasteiger partial charge in [-0.1, -0.05) is 52.3 Å². The molecule has 3 nitrogen and oxygen atoms in total. The van der Waals surface area contributed by atoms with Gasteiger partial charge in [-0.05, 0) is 73.0 Å². The van der Waals surface area contributed by atoms with Crippen LogP contribution in [0.5, 0.6) is 0 Å². The van der Waals surface area contributed by atoms with E-state index in [2.05, 4.69) is 29.8 Å². The summed E-state index contributed by atoms with van der Waals surface area (Å²) in [6.07, 6.45) is 3.87. The van der Waals surface area contributed by atoms with E-state index in [4.69, 9.17) is 4.98 Å². The van der Waals surface area contributed by atoms with E-state index < -0.39 is 0 Å². The summed E-state index contributed by atoms with van der Waals surface area (Å²) in [4.78, 5) is 18.0. The van der Waals surface area contributed by atoms with Gasteiger partial charge in [-0.3, -0.25) is 9.36 Å². The van der Waals surface area contributed by atoms with Crippen LogP contribution in [0.2, 0.25) is 0 Å². The molecular weight excluding hydrogens is 412 g/mol. The van der Waals surface area contributed by atoms with Crippen molar-refractivity contribution in [3.8, 4) is 5.69 Å². The van der Waals surface area contributed by atoms with Crippen molar-refractivity contribution in [2.24, 2.45) is 0 Å². The smallest absolute Gasteiger partial charge is 0.266 e. The van der Waals surface area contributed by atoms with E-state index >= 15 is 0 Å². The second-order valence-corrected chi connectivity index (χ2v) is 7.70. The van der Waals surface area contributed by atoms with Crippen molar-refractivity contribution >= 4 is 39.0 Å². The van der Waals surface area contributed by atoms with Crippen LogP contribution in [0.3, 0.4) is 0 Å². The molecular formula is C24H19BrN2O. The predicted molar refractivity (Wildman–Crippen MR) is 120 cm³/mol. The Morgan fingerprint density at radius 1 is 0.893 bits per heavy atom. The van der Waals surface area contributed by atoms with Crippen LogP contribution in [-0.4, -0.2) is 9.55 Å². The molecule has 4 rings (SSSR count). The van der Waals surface area contributed by atoms with Crippen molar-refractivity contribution in [3.05, 3.63) is 104 Å². The molecule has 0 unspecified atom stereocenters. The van der Waals surface area contributed by atoms with Crippen molar-refractivity contribution in [2.45, 2.75) is 13.8 Å². The van der Waals surface area contributed by atoms with Gasteiger partial charge in [-0.15, -0.1) is 0 Å². The van der Waals surface area contributed by atoms with Crippen LogP contribution in [0, 0.1) is 13.8 Å². The maximum atomic E-state index is 13.3. The number of fused-ring (bicyclic) bond motifs is 1. The fraction of sp³-hybridized carbons (Fsp3) is 0.0833. The Morgan fingerprint density at radius 3 is 2.39 bits per heavy atom. The standard InChI is InChI=1S/C24H19BrN2O/c1-16-7-13-20(15-17(16)2)27-23(14-10-18-8-11-19(25)12-9-18)26-22-6-4-3-5-21(22)24(27)28/h3-15H,1-2H3/b14-10+. The van der Waals surface area contributed by atoms with E-state index in [9.17, 15) is 4.79 Å². The van der Waals surface area contributed by atoms with Gasteiger partial charge in [-0.2, -0.15) is 0 Å². The lowest BCUT2D eigenvalue weighted by atomic mass is 10.1. The Labute approximate surface area is 172 Å². The zero-order valence-electron chi connectivity index (χ0n) is 15.7. The van der Waals surface area contributed by atoms with Crippen LogP contribution in [-0.2, 0) is 0 Å². The molecule has 0 aliphatic rings. The zero-order valence-corrected chi connectivity index (χ0v) is 17.3. The molecule has 3 aromatic carbocycles. The Kier molecular flexibility index (Phi) is 4.97. The second-order valence-electron chi connectivity index (χ2n) is 6.78. The minimum atomic E-state index is -0.0655. The Bertz CT molecular complexity index is 1250. The molecule has 1 aromatic heterocycles. The van der Waals surface area contributed by atoms with Gasteiger partial charge in [0.05, 0.1) is 16.6 Å². The first-order valence-electron chi connectivity index (χ1n) is 9.06. The number of rotatable bonds is 3. The second kappa shape index (κ2) is 7.56. The highest BCUT2D eigenvalue weighted by atomic mass is 79.9. The van der Waals surface area contributed by atoms with Gasteiger partial charge in [0.15, 0.2) is 0 Å². The maximum Gasteiger partial charge on any atom is 0.266 e. The monoisotopic (exact) mass is 430 g/mol. The molecule has 0 bridgehead atoms. The Morgan fingerprint density at radius 2 is 1.64 bits per heavy atom. The summed E-state index contributed by atoms with van der Waals surface area (Å²) in [6, 6.07) is 21.5. The molecule has 4 aromatic rings. The van der Waals surface area contributed by atoms with Crippen LogP contribution in [0.1, 0.15) is 22.5 Å². The maximum absolute atomic E-state index is 13.3. The summed E-state index contributed by atoms with van der Waals surface area (Å²) >= 11 is 3.45. The molecule has 0 spiro atoms. The molecule has 0 aliphatic carbocycles. The summed E-state index contributed by atoms with van der Waals surface area (Å²) in [6.45, 7) is 4.12. The van der Waals surface area contributed by atoms with Gasteiger partial charge in [0.1, 0.15) is 5.82 Å². The van der Waals surface area contributed by atoms with E-state index in [0.717, 1.165) is 21.3 Å². The van der Waals surface area contributed by atoms with Crippen LogP contribution in [0.15, 0.2) is 76.0 Å². The Hall–Kier alpha value is -2.98. The van der Waals surface area contributed by atoms with Gasteiger partial charge in [0, 0.05) is 4.47 Å². The van der Waals surface area contributed by atoms with Crippen molar-refractivity contribution in [3.63, 3.8) is 0 Å². The minimum absolute atomic E-state index is 0.0655. The van der Waals surface area contributed by atoms with E-state index in [1.165, 1.54) is 5.56 Å². The quantitative estimate of drug-likeness (QED) is 0.403. The predicted octanol–water partition coefficient (Wildman–Crippen LogP) is 5.94. The molecule has 0 aliphatic heterocycles. The van der Waals surface area contributed by atoms with Crippen LogP contribution < -0.4 is 5.56 Å². The number of nitrogens with zero attached hydrogens (tertiary/aromatic N) is 2. The number of halogens is 1. The third-order valence-electron chi connectivity index (χ3n) is 4.85. The molecule has 28 heavy (non-hydrogen) atoms. The third kappa shape index (κ3) is 3.56. The van der Waals surface area contributed by atoms with Crippen molar-refractivity contribution in [1.82, 2.24) is 9.55 Å². The molecule has 0 fully saturated rings. The highest BCUT2D eigenvalue weighted by Gasteiger charge is 2.11. The lowest BCUT2D eigenvalue weighted by molar-refractivity contribution is 0.941. The van der Waals surface area contributed by atoms with Crippen molar-refractivity contribution < 1.29 is 0 Å². The van der Waals surface area contributed by atoms with Crippen LogP contribution >= 0.6 is 15.9 Å². The lowest BCUT2D eigenvalue weighted by Crippen LogP contribution is -2.22. The first-order chi connectivity index (χ1) is 13.5. The highest BCUT2D eigenvalue weighted by molar-refractivity contribution is 9.10. The number of benzene rings is 3. The fourth-order valence-corrected chi connectivity index (χ4v) is 3.38. The number of hydrogen-bond acceptors (Lipinski definition) is 2. The van der Waals surface area contributed by atoms with Gasteiger partial charge >= 0.3 is 0 Å². The topological polar surface area (TPSA) is 34.9 Å². The van der Waals surface area contributed by atoms with E-state index in [1.54, 1.807) is 4.57 Å². The molecule has 138 valence electrons. The average Bonchev–Trinajstić information content (AvgIpc) is 2.70. The largest absolute Gasteiger partial charge is 0.268 e. The molecule has 0 saturated heterocycles. The average molecular weight is 431 g/mol. The lowest BCUT2D eigenvalue weighted by Gasteiger charge is -2.13. The number of aromatic nitrogens is 2. The minimum Gasteiger partial charge on any atom is -0.268 e. The van der Waals surface area contributed by atoms with Gasteiger partial charge in [0.25, 0.3) is 5.56 Å². The molecule has 0 saturated carbocycles.